The number of aryl methyl sites for hydroxylation is 2. The van der Waals surface area contributed by atoms with Crippen LogP contribution in [0.25, 0.3) is 0 Å². The summed E-state index contributed by atoms with van der Waals surface area (Å²) in [5.74, 6) is 0.151. The predicted octanol–water partition coefficient (Wildman–Crippen LogP) is 4.48. The van der Waals surface area contributed by atoms with Crippen LogP contribution in [0.5, 0.6) is 0 Å². The third kappa shape index (κ3) is 5.75. The highest BCUT2D eigenvalue weighted by atomic mass is 32.1. The van der Waals surface area contributed by atoms with Gasteiger partial charge in [-0.05, 0) is 24.8 Å². The van der Waals surface area contributed by atoms with E-state index in [1.807, 2.05) is 18.2 Å². The quantitative estimate of drug-likeness (QED) is 0.737. The van der Waals surface area contributed by atoms with Crippen molar-refractivity contribution in [3.8, 4) is 0 Å². The molecule has 1 N–H and O–H groups in total. The van der Waals surface area contributed by atoms with E-state index in [0.29, 0.717) is 5.13 Å². The molecule has 2 rings (SSSR count). The lowest BCUT2D eigenvalue weighted by Crippen LogP contribution is -2.22. The highest BCUT2D eigenvalue weighted by molar-refractivity contribution is 7.15. The lowest BCUT2D eigenvalue weighted by Gasteiger charge is -2.12. The summed E-state index contributed by atoms with van der Waals surface area (Å²) in [5.41, 5.74) is 1.29. The molecular formula is C18H25N3OS. The van der Waals surface area contributed by atoms with Crippen LogP contribution >= 0.6 is 11.3 Å². The Morgan fingerprint density at radius 2 is 1.96 bits per heavy atom. The molecule has 2 aromatic rings. The van der Waals surface area contributed by atoms with Crippen LogP contribution in [0.4, 0.5) is 5.13 Å². The minimum atomic E-state index is 0.0756. The minimum absolute atomic E-state index is 0.0756. The number of aromatic nitrogens is 2. The van der Waals surface area contributed by atoms with Crippen molar-refractivity contribution in [1.29, 1.82) is 0 Å². The van der Waals surface area contributed by atoms with Crippen LogP contribution in [0.2, 0.25) is 0 Å². The van der Waals surface area contributed by atoms with Crippen LogP contribution in [0.3, 0.4) is 0 Å². The van der Waals surface area contributed by atoms with Gasteiger partial charge in [0, 0.05) is 12.3 Å². The second-order valence-corrected chi connectivity index (χ2v) is 6.79. The molecule has 23 heavy (non-hydrogen) atoms. The van der Waals surface area contributed by atoms with E-state index in [1.165, 1.54) is 16.9 Å². The molecule has 1 amide bonds. The molecule has 0 aliphatic heterocycles. The zero-order chi connectivity index (χ0) is 16.5. The average molecular weight is 331 g/mol. The summed E-state index contributed by atoms with van der Waals surface area (Å²) in [4.78, 5) is 12.3. The molecule has 1 atom stereocenters. The molecule has 0 saturated heterocycles. The molecular weight excluding hydrogens is 306 g/mol. The van der Waals surface area contributed by atoms with Crippen molar-refractivity contribution in [2.75, 3.05) is 5.32 Å². The number of rotatable bonds is 9. The van der Waals surface area contributed by atoms with E-state index in [1.54, 1.807) is 0 Å². The van der Waals surface area contributed by atoms with E-state index >= 15 is 0 Å². The van der Waals surface area contributed by atoms with E-state index in [9.17, 15) is 4.79 Å². The van der Waals surface area contributed by atoms with Crippen molar-refractivity contribution >= 4 is 22.4 Å². The maximum Gasteiger partial charge on any atom is 0.229 e. The number of hydrogen-bond acceptors (Lipinski definition) is 4. The first-order valence-corrected chi connectivity index (χ1v) is 9.21. The van der Waals surface area contributed by atoms with E-state index in [2.05, 4.69) is 41.5 Å². The van der Waals surface area contributed by atoms with Gasteiger partial charge in [-0.1, -0.05) is 68.4 Å². The lowest BCUT2D eigenvalue weighted by atomic mass is 9.99. The van der Waals surface area contributed by atoms with Crippen molar-refractivity contribution in [2.45, 2.75) is 52.4 Å². The highest BCUT2D eigenvalue weighted by Gasteiger charge is 2.17. The van der Waals surface area contributed by atoms with E-state index < -0.39 is 0 Å². The second-order valence-electron chi connectivity index (χ2n) is 5.72. The normalized spacial score (nSPS) is 12.1. The molecule has 0 aliphatic rings. The van der Waals surface area contributed by atoms with Crippen molar-refractivity contribution in [1.82, 2.24) is 10.2 Å². The number of hydrogen-bond donors (Lipinski definition) is 1. The number of nitrogens with one attached hydrogen (secondary N) is 1. The molecule has 0 unspecified atom stereocenters. The zero-order valence-electron chi connectivity index (χ0n) is 13.9. The minimum Gasteiger partial charge on any atom is -0.300 e. The van der Waals surface area contributed by atoms with Gasteiger partial charge >= 0.3 is 0 Å². The van der Waals surface area contributed by atoms with Crippen molar-refractivity contribution in [3.05, 3.63) is 40.9 Å². The van der Waals surface area contributed by atoms with Crippen LogP contribution in [0.15, 0.2) is 30.3 Å². The van der Waals surface area contributed by atoms with Crippen LogP contribution in [-0.4, -0.2) is 16.1 Å². The molecule has 0 aliphatic carbocycles. The Hall–Kier alpha value is -1.75. The van der Waals surface area contributed by atoms with Crippen molar-refractivity contribution in [3.63, 3.8) is 0 Å². The van der Waals surface area contributed by atoms with Crippen molar-refractivity contribution < 1.29 is 4.79 Å². The number of nitrogens with zero attached hydrogens (tertiary/aromatic N) is 2. The fourth-order valence-corrected chi connectivity index (χ4v) is 3.22. The molecule has 1 aromatic carbocycles. The summed E-state index contributed by atoms with van der Waals surface area (Å²) in [6, 6.07) is 10.3. The SMILES string of the molecule is CCCC[C@H](CC)C(=O)Nc1nnc(CCc2ccccc2)s1. The first-order valence-electron chi connectivity index (χ1n) is 8.40. The van der Waals surface area contributed by atoms with Gasteiger partial charge in [-0.2, -0.15) is 0 Å². The third-order valence-electron chi connectivity index (χ3n) is 3.94. The summed E-state index contributed by atoms with van der Waals surface area (Å²) in [6.45, 7) is 4.21. The van der Waals surface area contributed by atoms with Gasteiger partial charge in [0.1, 0.15) is 5.01 Å². The van der Waals surface area contributed by atoms with Crippen molar-refractivity contribution in [2.24, 2.45) is 5.92 Å². The summed E-state index contributed by atoms with van der Waals surface area (Å²) >= 11 is 1.48. The standard InChI is InChI=1S/C18H25N3OS/c1-3-5-11-15(4-2)17(22)19-18-21-20-16(23-18)13-12-14-9-7-6-8-10-14/h6-10,15H,3-5,11-13H2,1-2H3,(H,19,21,22)/t15-/m0/s1. The average Bonchev–Trinajstić information content (AvgIpc) is 3.02. The number of carbonyl (C=O) groups is 1. The Kier molecular flexibility index (Phi) is 7.20. The number of unbranched alkanes of at least 4 members (excludes halogenated alkanes) is 1. The Morgan fingerprint density at radius 3 is 2.65 bits per heavy atom. The number of benzene rings is 1. The van der Waals surface area contributed by atoms with Gasteiger partial charge in [0.05, 0.1) is 0 Å². The maximum absolute atomic E-state index is 12.3. The molecule has 5 heteroatoms. The molecule has 1 aromatic heterocycles. The molecule has 124 valence electrons. The van der Waals surface area contributed by atoms with Gasteiger partial charge in [-0.15, -0.1) is 10.2 Å². The zero-order valence-corrected chi connectivity index (χ0v) is 14.7. The maximum atomic E-state index is 12.3. The number of anilines is 1. The molecule has 0 radical (unpaired) electrons. The Bertz CT molecular complexity index is 597. The van der Waals surface area contributed by atoms with Gasteiger partial charge in [-0.25, -0.2) is 0 Å². The first kappa shape index (κ1) is 17.6. The third-order valence-corrected chi connectivity index (χ3v) is 4.84. The Balaban J connectivity index is 1.85. The molecule has 0 saturated carbocycles. The molecule has 0 spiro atoms. The summed E-state index contributed by atoms with van der Waals surface area (Å²) < 4.78 is 0. The van der Waals surface area contributed by atoms with Gasteiger partial charge in [0.15, 0.2) is 0 Å². The highest BCUT2D eigenvalue weighted by Crippen LogP contribution is 2.20. The molecule has 0 fully saturated rings. The van der Waals surface area contributed by atoms with Crippen LogP contribution in [0.1, 0.15) is 50.1 Å². The molecule has 4 nitrogen and oxygen atoms in total. The van der Waals surface area contributed by atoms with E-state index in [4.69, 9.17) is 0 Å². The second kappa shape index (κ2) is 9.40. The Morgan fingerprint density at radius 1 is 1.17 bits per heavy atom. The summed E-state index contributed by atoms with van der Waals surface area (Å²) in [5, 5.41) is 12.8. The fourth-order valence-electron chi connectivity index (χ4n) is 2.48. The lowest BCUT2D eigenvalue weighted by molar-refractivity contribution is -0.120. The van der Waals surface area contributed by atoms with Crippen LogP contribution < -0.4 is 5.32 Å². The largest absolute Gasteiger partial charge is 0.300 e. The molecule has 1 heterocycles. The van der Waals surface area contributed by atoms with Gasteiger partial charge < -0.3 is 5.32 Å². The Labute approximate surface area is 142 Å². The predicted molar refractivity (Wildman–Crippen MR) is 95.7 cm³/mol. The number of carbonyl (C=O) groups excluding carboxylic acids is 1. The first-order chi connectivity index (χ1) is 11.2. The van der Waals surface area contributed by atoms with Crippen LogP contribution in [0, 0.1) is 5.92 Å². The van der Waals surface area contributed by atoms with E-state index in [-0.39, 0.29) is 11.8 Å². The fraction of sp³-hybridized carbons (Fsp3) is 0.500. The topological polar surface area (TPSA) is 54.9 Å². The van der Waals surface area contributed by atoms with Gasteiger partial charge in [0.25, 0.3) is 0 Å². The summed E-state index contributed by atoms with van der Waals surface area (Å²) in [6.07, 6.45) is 5.81. The summed E-state index contributed by atoms with van der Waals surface area (Å²) in [7, 11) is 0. The van der Waals surface area contributed by atoms with Gasteiger partial charge in [0.2, 0.25) is 11.0 Å². The molecule has 0 bridgehead atoms. The van der Waals surface area contributed by atoms with Crippen LogP contribution in [-0.2, 0) is 17.6 Å². The smallest absolute Gasteiger partial charge is 0.229 e. The monoisotopic (exact) mass is 331 g/mol. The van der Waals surface area contributed by atoms with E-state index in [0.717, 1.165) is 43.5 Å². The number of amides is 1. The van der Waals surface area contributed by atoms with Gasteiger partial charge in [-0.3, -0.25) is 4.79 Å².